The quantitative estimate of drug-likeness (QED) is 0.844. The zero-order chi connectivity index (χ0) is 14.7. The summed E-state index contributed by atoms with van der Waals surface area (Å²) < 4.78 is 0. The summed E-state index contributed by atoms with van der Waals surface area (Å²) in [4.78, 5) is 15.6. The van der Waals surface area contributed by atoms with Crippen molar-refractivity contribution >= 4 is 17.7 Å². The van der Waals surface area contributed by atoms with Crippen LogP contribution in [0.5, 0.6) is 0 Å². The van der Waals surface area contributed by atoms with E-state index in [1.807, 2.05) is 18.2 Å². The average Bonchev–Trinajstić information content (AvgIpc) is 3.30. The van der Waals surface area contributed by atoms with Gasteiger partial charge in [0.25, 0.3) is 0 Å². The number of aliphatic carboxylic acids is 1. The van der Waals surface area contributed by atoms with Crippen molar-refractivity contribution in [3.8, 4) is 0 Å². The van der Waals surface area contributed by atoms with Gasteiger partial charge < -0.3 is 10.0 Å². The van der Waals surface area contributed by atoms with Crippen LogP contribution in [0.3, 0.4) is 0 Å². The molecule has 112 valence electrons. The average molecular weight is 286 g/mol. The number of carboxylic acids is 1. The van der Waals surface area contributed by atoms with E-state index in [-0.39, 0.29) is 0 Å². The molecule has 0 atom stereocenters. The fourth-order valence-electron chi connectivity index (χ4n) is 2.91. The molecule has 1 N–H and O–H groups in total. The van der Waals surface area contributed by atoms with E-state index < -0.39 is 5.97 Å². The number of benzene rings is 1. The van der Waals surface area contributed by atoms with Gasteiger partial charge in [-0.3, -0.25) is 4.90 Å². The molecule has 4 nitrogen and oxygen atoms in total. The molecule has 3 rings (SSSR count). The van der Waals surface area contributed by atoms with Gasteiger partial charge in [0.15, 0.2) is 0 Å². The molecule has 1 aromatic rings. The van der Waals surface area contributed by atoms with Crippen LogP contribution >= 0.6 is 0 Å². The Morgan fingerprint density at radius 2 is 1.90 bits per heavy atom. The van der Waals surface area contributed by atoms with Gasteiger partial charge in [0.05, 0.1) is 0 Å². The zero-order valence-electron chi connectivity index (χ0n) is 12.2. The summed E-state index contributed by atoms with van der Waals surface area (Å²) >= 11 is 0. The molecule has 1 aliphatic heterocycles. The minimum absolute atomic E-state index is 0.904. The lowest BCUT2D eigenvalue weighted by Crippen LogP contribution is -2.47. The van der Waals surface area contributed by atoms with Crippen LogP contribution in [-0.4, -0.2) is 48.7 Å². The Kier molecular flexibility index (Phi) is 4.25. The second-order valence-corrected chi connectivity index (χ2v) is 5.96. The van der Waals surface area contributed by atoms with E-state index >= 15 is 0 Å². The maximum Gasteiger partial charge on any atom is 0.328 e. The highest BCUT2D eigenvalue weighted by Gasteiger charge is 2.26. The molecule has 0 spiro atoms. The Morgan fingerprint density at radius 1 is 1.19 bits per heavy atom. The number of nitrogens with zero attached hydrogens (tertiary/aromatic N) is 2. The fraction of sp³-hybridized carbons (Fsp3) is 0.471. The van der Waals surface area contributed by atoms with E-state index in [1.165, 1.54) is 25.5 Å². The normalized spacial score (nSPS) is 20.1. The van der Waals surface area contributed by atoms with E-state index in [9.17, 15) is 4.79 Å². The van der Waals surface area contributed by atoms with E-state index in [0.29, 0.717) is 0 Å². The van der Waals surface area contributed by atoms with Crippen LogP contribution in [0.25, 0.3) is 6.08 Å². The van der Waals surface area contributed by atoms with Crippen LogP contribution in [0.2, 0.25) is 0 Å². The van der Waals surface area contributed by atoms with Crippen molar-refractivity contribution < 1.29 is 9.90 Å². The first-order chi connectivity index (χ1) is 10.2. The molecule has 1 saturated carbocycles. The highest BCUT2D eigenvalue weighted by Crippen LogP contribution is 2.30. The number of carbonyl (C=O) groups is 1. The number of anilines is 1. The lowest BCUT2D eigenvalue weighted by molar-refractivity contribution is -0.131. The number of hydrogen-bond acceptors (Lipinski definition) is 3. The van der Waals surface area contributed by atoms with Crippen molar-refractivity contribution in [2.24, 2.45) is 5.92 Å². The number of para-hydroxylation sites is 1. The molecule has 0 bridgehead atoms. The number of piperazine rings is 1. The second kappa shape index (κ2) is 6.31. The minimum Gasteiger partial charge on any atom is -0.478 e. The van der Waals surface area contributed by atoms with Gasteiger partial charge in [0, 0.05) is 44.5 Å². The third-order valence-electron chi connectivity index (χ3n) is 4.27. The molecule has 0 aromatic heterocycles. The molecule has 0 unspecified atom stereocenters. The Balaban J connectivity index is 1.65. The molecule has 1 aromatic carbocycles. The van der Waals surface area contributed by atoms with Crippen LogP contribution in [0.15, 0.2) is 30.3 Å². The molecular formula is C17H22N2O2. The largest absolute Gasteiger partial charge is 0.478 e. The van der Waals surface area contributed by atoms with Crippen molar-refractivity contribution in [3.63, 3.8) is 0 Å². The molecule has 1 saturated heterocycles. The van der Waals surface area contributed by atoms with Gasteiger partial charge in [-0.1, -0.05) is 18.2 Å². The van der Waals surface area contributed by atoms with Crippen molar-refractivity contribution in [3.05, 3.63) is 35.9 Å². The molecule has 1 heterocycles. The fourth-order valence-corrected chi connectivity index (χ4v) is 2.91. The van der Waals surface area contributed by atoms with Gasteiger partial charge in [-0.05, 0) is 36.5 Å². The molecule has 4 heteroatoms. The molecule has 2 aliphatic rings. The van der Waals surface area contributed by atoms with Crippen LogP contribution < -0.4 is 4.90 Å². The van der Waals surface area contributed by atoms with Gasteiger partial charge in [-0.2, -0.15) is 0 Å². The van der Waals surface area contributed by atoms with Crippen LogP contribution in [0.4, 0.5) is 5.69 Å². The summed E-state index contributed by atoms with van der Waals surface area (Å²) in [6, 6.07) is 8.03. The molecule has 21 heavy (non-hydrogen) atoms. The van der Waals surface area contributed by atoms with Gasteiger partial charge in [-0.25, -0.2) is 4.79 Å². The number of hydrogen-bond donors (Lipinski definition) is 1. The molecule has 0 radical (unpaired) electrons. The summed E-state index contributed by atoms with van der Waals surface area (Å²) in [5.41, 5.74) is 2.12. The molecule has 2 fully saturated rings. The molecule has 1 aliphatic carbocycles. The van der Waals surface area contributed by atoms with E-state index in [4.69, 9.17) is 5.11 Å². The zero-order valence-corrected chi connectivity index (χ0v) is 12.2. The molecular weight excluding hydrogens is 264 g/mol. The summed E-state index contributed by atoms with van der Waals surface area (Å²) in [6.45, 7) is 5.50. The summed E-state index contributed by atoms with van der Waals surface area (Å²) in [5, 5.41) is 8.79. The van der Waals surface area contributed by atoms with E-state index in [0.717, 1.165) is 43.3 Å². The van der Waals surface area contributed by atoms with Crippen LogP contribution in [0, 0.1) is 5.92 Å². The van der Waals surface area contributed by atoms with Gasteiger partial charge in [0.1, 0.15) is 0 Å². The van der Waals surface area contributed by atoms with Gasteiger partial charge in [-0.15, -0.1) is 0 Å². The second-order valence-electron chi connectivity index (χ2n) is 5.96. The van der Waals surface area contributed by atoms with Crippen molar-refractivity contribution in [2.45, 2.75) is 12.8 Å². The highest BCUT2D eigenvalue weighted by atomic mass is 16.4. The predicted octanol–water partition coefficient (Wildman–Crippen LogP) is 2.32. The Bertz CT molecular complexity index is 529. The third-order valence-corrected chi connectivity index (χ3v) is 4.27. The van der Waals surface area contributed by atoms with Gasteiger partial charge in [0.2, 0.25) is 0 Å². The lowest BCUT2D eigenvalue weighted by atomic mass is 10.1. The first kappa shape index (κ1) is 14.1. The Hall–Kier alpha value is -1.81. The van der Waals surface area contributed by atoms with Gasteiger partial charge >= 0.3 is 5.97 Å². The third kappa shape index (κ3) is 3.85. The summed E-state index contributed by atoms with van der Waals surface area (Å²) in [6.07, 6.45) is 5.71. The first-order valence-electron chi connectivity index (χ1n) is 7.70. The predicted molar refractivity (Wildman–Crippen MR) is 84.5 cm³/mol. The standard InChI is InChI=1S/C17H22N2O2/c20-17(21)8-7-15-3-1-2-4-16(15)19-11-9-18(10-12-19)13-14-5-6-14/h1-4,7-8,14H,5-6,9-13H2,(H,20,21). The van der Waals surface area contributed by atoms with E-state index in [2.05, 4.69) is 15.9 Å². The SMILES string of the molecule is O=C(O)C=Cc1ccccc1N1CCN(CC2CC2)CC1. The van der Waals surface area contributed by atoms with E-state index in [1.54, 1.807) is 6.08 Å². The van der Waals surface area contributed by atoms with Crippen molar-refractivity contribution in [2.75, 3.05) is 37.6 Å². The van der Waals surface area contributed by atoms with Crippen molar-refractivity contribution in [1.29, 1.82) is 0 Å². The maximum atomic E-state index is 10.7. The highest BCUT2D eigenvalue weighted by molar-refractivity contribution is 5.87. The van der Waals surface area contributed by atoms with Crippen LogP contribution in [-0.2, 0) is 4.79 Å². The van der Waals surface area contributed by atoms with Crippen LogP contribution in [0.1, 0.15) is 18.4 Å². The lowest BCUT2D eigenvalue weighted by Gasteiger charge is -2.36. The summed E-state index contributed by atoms with van der Waals surface area (Å²) in [5.74, 6) is 0.0430. The topological polar surface area (TPSA) is 43.8 Å². The van der Waals surface area contributed by atoms with Crippen molar-refractivity contribution in [1.82, 2.24) is 4.90 Å². The number of rotatable bonds is 5. The summed E-state index contributed by atoms with van der Waals surface area (Å²) in [7, 11) is 0. The maximum absolute atomic E-state index is 10.7. The minimum atomic E-state index is -0.904. The first-order valence-corrected chi connectivity index (χ1v) is 7.70. The smallest absolute Gasteiger partial charge is 0.328 e. The number of carboxylic acid groups (broad SMARTS) is 1. The Labute approximate surface area is 125 Å². The Morgan fingerprint density at radius 3 is 2.57 bits per heavy atom. The monoisotopic (exact) mass is 286 g/mol. The molecule has 0 amide bonds.